The molecule has 1 N–H and O–H groups in total. The molecule has 1 atom stereocenters. The predicted octanol–water partition coefficient (Wildman–Crippen LogP) is 4.38. The number of furan rings is 1. The zero-order valence-electron chi connectivity index (χ0n) is 11.0. The summed E-state index contributed by atoms with van der Waals surface area (Å²) in [6.07, 6.45) is 2.56. The number of hydrogen-bond donors (Lipinski definition) is 1. The molecule has 0 amide bonds. The molecule has 2 aromatic rings. The molecule has 102 valence electrons. The SMILES string of the molecule is CCNC(Cc1ccc(F)cc1Br)c1coc(C)c1. The monoisotopic (exact) mass is 325 g/mol. The second kappa shape index (κ2) is 6.35. The zero-order valence-corrected chi connectivity index (χ0v) is 12.6. The topological polar surface area (TPSA) is 25.2 Å². The van der Waals surface area contributed by atoms with Gasteiger partial charge in [-0.05, 0) is 43.7 Å². The number of likely N-dealkylation sites (N-methyl/N-ethyl adjacent to an activating group) is 1. The highest BCUT2D eigenvalue weighted by molar-refractivity contribution is 9.10. The van der Waals surface area contributed by atoms with Crippen LogP contribution in [0.5, 0.6) is 0 Å². The Morgan fingerprint density at radius 3 is 2.74 bits per heavy atom. The summed E-state index contributed by atoms with van der Waals surface area (Å²) in [5.41, 5.74) is 2.20. The first kappa shape index (κ1) is 14.3. The van der Waals surface area contributed by atoms with Gasteiger partial charge in [0.25, 0.3) is 0 Å². The second-order valence-corrected chi connectivity index (χ2v) is 5.40. The Balaban J connectivity index is 2.21. The fourth-order valence-corrected chi connectivity index (χ4v) is 2.62. The van der Waals surface area contributed by atoms with Gasteiger partial charge in [0.2, 0.25) is 0 Å². The van der Waals surface area contributed by atoms with Gasteiger partial charge in [-0.15, -0.1) is 0 Å². The summed E-state index contributed by atoms with van der Waals surface area (Å²) in [4.78, 5) is 0. The van der Waals surface area contributed by atoms with Crippen LogP contribution < -0.4 is 5.32 Å². The average molecular weight is 326 g/mol. The fourth-order valence-electron chi connectivity index (χ4n) is 2.11. The molecule has 0 radical (unpaired) electrons. The maximum absolute atomic E-state index is 13.1. The molecule has 0 aliphatic carbocycles. The van der Waals surface area contributed by atoms with Crippen LogP contribution in [0, 0.1) is 12.7 Å². The van der Waals surface area contributed by atoms with Crippen molar-refractivity contribution in [3.63, 3.8) is 0 Å². The first-order chi connectivity index (χ1) is 9.10. The van der Waals surface area contributed by atoms with Crippen LogP contribution in [-0.4, -0.2) is 6.54 Å². The van der Waals surface area contributed by atoms with E-state index in [2.05, 4.69) is 28.2 Å². The Bertz CT molecular complexity index is 553. The van der Waals surface area contributed by atoms with Crippen LogP contribution in [0.3, 0.4) is 0 Å². The molecule has 1 aromatic carbocycles. The van der Waals surface area contributed by atoms with E-state index in [0.29, 0.717) is 0 Å². The van der Waals surface area contributed by atoms with Crippen LogP contribution in [0.1, 0.15) is 29.9 Å². The lowest BCUT2D eigenvalue weighted by atomic mass is 10.0. The Kier molecular flexibility index (Phi) is 4.77. The molecule has 0 saturated heterocycles. The van der Waals surface area contributed by atoms with Gasteiger partial charge in [-0.2, -0.15) is 0 Å². The van der Waals surface area contributed by atoms with E-state index in [-0.39, 0.29) is 11.9 Å². The van der Waals surface area contributed by atoms with Crippen LogP contribution >= 0.6 is 15.9 Å². The molecule has 0 spiro atoms. The van der Waals surface area contributed by atoms with Gasteiger partial charge >= 0.3 is 0 Å². The van der Waals surface area contributed by atoms with Crippen molar-refractivity contribution in [2.45, 2.75) is 26.3 Å². The molecule has 0 bridgehead atoms. The van der Waals surface area contributed by atoms with Gasteiger partial charge < -0.3 is 9.73 Å². The van der Waals surface area contributed by atoms with E-state index >= 15 is 0 Å². The maximum atomic E-state index is 13.1. The second-order valence-electron chi connectivity index (χ2n) is 4.54. The molecule has 0 aliphatic rings. The third-order valence-electron chi connectivity index (χ3n) is 3.04. The summed E-state index contributed by atoms with van der Waals surface area (Å²) in [5.74, 6) is 0.672. The molecule has 0 aliphatic heterocycles. The normalized spacial score (nSPS) is 12.6. The van der Waals surface area contributed by atoms with Gasteiger partial charge in [-0.1, -0.05) is 28.9 Å². The maximum Gasteiger partial charge on any atom is 0.124 e. The molecule has 4 heteroatoms. The fraction of sp³-hybridized carbons (Fsp3) is 0.333. The van der Waals surface area contributed by atoms with Crippen molar-refractivity contribution in [1.82, 2.24) is 5.32 Å². The van der Waals surface area contributed by atoms with E-state index in [4.69, 9.17) is 4.42 Å². The van der Waals surface area contributed by atoms with Gasteiger partial charge in [-0.25, -0.2) is 4.39 Å². The van der Waals surface area contributed by atoms with E-state index in [9.17, 15) is 4.39 Å². The Morgan fingerprint density at radius 1 is 1.37 bits per heavy atom. The van der Waals surface area contributed by atoms with Crippen molar-refractivity contribution in [1.29, 1.82) is 0 Å². The molecule has 19 heavy (non-hydrogen) atoms. The van der Waals surface area contributed by atoms with Gasteiger partial charge in [0, 0.05) is 16.1 Å². The van der Waals surface area contributed by atoms with Crippen molar-refractivity contribution >= 4 is 15.9 Å². The smallest absolute Gasteiger partial charge is 0.124 e. The van der Waals surface area contributed by atoms with E-state index in [1.165, 1.54) is 12.1 Å². The van der Waals surface area contributed by atoms with Crippen LogP contribution in [0.2, 0.25) is 0 Å². The lowest BCUT2D eigenvalue weighted by Gasteiger charge is -2.17. The molecular formula is C15H17BrFNO. The van der Waals surface area contributed by atoms with Crippen LogP contribution in [0.25, 0.3) is 0 Å². The van der Waals surface area contributed by atoms with Crippen molar-refractivity contribution in [3.05, 3.63) is 57.7 Å². The van der Waals surface area contributed by atoms with Crippen molar-refractivity contribution in [3.8, 4) is 0 Å². The predicted molar refractivity (Wildman–Crippen MR) is 77.7 cm³/mol. The zero-order chi connectivity index (χ0) is 13.8. The van der Waals surface area contributed by atoms with Crippen molar-refractivity contribution < 1.29 is 8.81 Å². The lowest BCUT2D eigenvalue weighted by Crippen LogP contribution is -2.22. The van der Waals surface area contributed by atoms with Gasteiger partial charge in [0.15, 0.2) is 0 Å². The highest BCUT2D eigenvalue weighted by atomic mass is 79.9. The minimum Gasteiger partial charge on any atom is -0.469 e. The number of benzene rings is 1. The lowest BCUT2D eigenvalue weighted by molar-refractivity contribution is 0.511. The number of hydrogen-bond acceptors (Lipinski definition) is 2. The van der Waals surface area contributed by atoms with E-state index in [1.54, 1.807) is 6.26 Å². The Hall–Kier alpha value is -1.13. The summed E-state index contributed by atoms with van der Waals surface area (Å²) in [6.45, 7) is 4.87. The number of rotatable bonds is 5. The Morgan fingerprint density at radius 2 is 2.16 bits per heavy atom. The molecule has 2 nitrogen and oxygen atoms in total. The van der Waals surface area contributed by atoms with Crippen LogP contribution in [0.15, 0.2) is 39.4 Å². The molecule has 0 saturated carbocycles. The minimum atomic E-state index is -0.227. The number of aryl methyl sites for hydroxylation is 1. The van der Waals surface area contributed by atoms with E-state index in [1.807, 2.05) is 19.1 Å². The van der Waals surface area contributed by atoms with Crippen molar-refractivity contribution in [2.75, 3.05) is 6.54 Å². The van der Waals surface area contributed by atoms with E-state index in [0.717, 1.165) is 34.3 Å². The summed E-state index contributed by atoms with van der Waals surface area (Å²) >= 11 is 3.41. The summed E-state index contributed by atoms with van der Waals surface area (Å²) < 4.78 is 19.3. The quantitative estimate of drug-likeness (QED) is 0.882. The highest BCUT2D eigenvalue weighted by Gasteiger charge is 2.15. The molecule has 1 aromatic heterocycles. The minimum absolute atomic E-state index is 0.171. The first-order valence-corrected chi connectivity index (χ1v) is 7.11. The largest absolute Gasteiger partial charge is 0.469 e. The number of nitrogens with one attached hydrogen (secondary N) is 1. The molecule has 2 rings (SSSR count). The van der Waals surface area contributed by atoms with Crippen molar-refractivity contribution in [2.24, 2.45) is 0 Å². The molecular weight excluding hydrogens is 309 g/mol. The van der Waals surface area contributed by atoms with Crippen LogP contribution in [-0.2, 0) is 6.42 Å². The number of halogens is 2. The van der Waals surface area contributed by atoms with Gasteiger partial charge in [-0.3, -0.25) is 0 Å². The summed E-state index contributed by atoms with van der Waals surface area (Å²) in [6, 6.07) is 7.01. The molecule has 1 heterocycles. The van der Waals surface area contributed by atoms with Gasteiger partial charge in [0.1, 0.15) is 11.6 Å². The van der Waals surface area contributed by atoms with Gasteiger partial charge in [0.05, 0.1) is 6.26 Å². The standard InChI is InChI=1S/C15H17BrFNO/c1-3-18-15(12-6-10(2)19-9-12)7-11-4-5-13(17)8-14(11)16/h4-6,8-9,15,18H,3,7H2,1-2H3. The highest BCUT2D eigenvalue weighted by Crippen LogP contribution is 2.25. The van der Waals surface area contributed by atoms with Crippen LogP contribution in [0.4, 0.5) is 4.39 Å². The molecule has 0 fully saturated rings. The third kappa shape index (κ3) is 3.67. The third-order valence-corrected chi connectivity index (χ3v) is 3.78. The summed E-state index contributed by atoms with van der Waals surface area (Å²) in [5, 5.41) is 3.43. The van der Waals surface area contributed by atoms with E-state index < -0.39 is 0 Å². The first-order valence-electron chi connectivity index (χ1n) is 6.32. The molecule has 1 unspecified atom stereocenters. The Labute approximate surface area is 121 Å². The average Bonchev–Trinajstić information content (AvgIpc) is 2.78. The summed E-state index contributed by atoms with van der Waals surface area (Å²) in [7, 11) is 0.